The molecule has 14 heavy (non-hydrogen) atoms. The minimum Gasteiger partial charge on any atom is -0.372 e. The lowest BCUT2D eigenvalue weighted by Gasteiger charge is -2.27. The Morgan fingerprint density at radius 3 is 2.64 bits per heavy atom. The molecule has 78 valence electrons. The first-order chi connectivity index (χ1) is 6.53. The van der Waals surface area contributed by atoms with Crippen molar-refractivity contribution in [1.82, 2.24) is 0 Å². The number of benzene rings is 1. The molecule has 0 bridgehead atoms. The molecule has 2 N–H and O–H groups in total. The molecule has 0 amide bonds. The van der Waals surface area contributed by atoms with Gasteiger partial charge in [0, 0.05) is 13.7 Å². The maximum Gasteiger partial charge on any atom is 0.137 e. The second-order valence-corrected chi connectivity index (χ2v) is 4.12. The Hall–Kier alpha value is -0.450. The molecule has 0 spiro atoms. The number of halogens is 2. The van der Waals surface area contributed by atoms with E-state index in [2.05, 4.69) is 15.9 Å². The molecule has 0 fully saturated rings. The van der Waals surface area contributed by atoms with Crippen molar-refractivity contribution >= 4 is 15.9 Å². The van der Waals surface area contributed by atoms with Crippen molar-refractivity contribution in [3.63, 3.8) is 0 Å². The Bertz CT molecular complexity index is 326. The fourth-order valence-electron chi connectivity index (χ4n) is 1.14. The highest BCUT2D eigenvalue weighted by molar-refractivity contribution is 9.10. The second-order valence-electron chi connectivity index (χ2n) is 3.27. The zero-order valence-corrected chi connectivity index (χ0v) is 9.77. The van der Waals surface area contributed by atoms with E-state index in [-0.39, 0.29) is 5.82 Å². The second kappa shape index (κ2) is 4.38. The predicted octanol–water partition coefficient (Wildman–Crippen LogP) is 2.41. The third-order valence-corrected chi connectivity index (χ3v) is 2.98. The normalized spacial score (nSPS) is 15.2. The smallest absolute Gasteiger partial charge is 0.137 e. The van der Waals surface area contributed by atoms with E-state index in [9.17, 15) is 4.39 Å². The zero-order valence-electron chi connectivity index (χ0n) is 8.18. The Morgan fingerprint density at radius 1 is 1.57 bits per heavy atom. The van der Waals surface area contributed by atoms with Crippen molar-refractivity contribution in [3.8, 4) is 0 Å². The SMILES string of the molecule is COC(C)(CN)c1ccc(F)c(Br)c1. The summed E-state index contributed by atoms with van der Waals surface area (Å²) in [5, 5.41) is 0. The van der Waals surface area contributed by atoms with Gasteiger partial charge >= 0.3 is 0 Å². The Morgan fingerprint density at radius 2 is 2.21 bits per heavy atom. The first kappa shape index (κ1) is 11.6. The van der Waals surface area contributed by atoms with Gasteiger partial charge in [-0.25, -0.2) is 4.39 Å². The average molecular weight is 262 g/mol. The van der Waals surface area contributed by atoms with Gasteiger partial charge in [0.05, 0.1) is 4.47 Å². The van der Waals surface area contributed by atoms with Gasteiger partial charge in [0.2, 0.25) is 0 Å². The molecule has 1 aromatic carbocycles. The van der Waals surface area contributed by atoms with E-state index >= 15 is 0 Å². The van der Waals surface area contributed by atoms with Crippen LogP contribution >= 0.6 is 15.9 Å². The fourth-order valence-corrected chi connectivity index (χ4v) is 1.52. The summed E-state index contributed by atoms with van der Waals surface area (Å²) < 4.78 is 18.7. The van der Waals surface area contributed by atoms with E-state index in [4.69, 9.17) is 10.5 Å². The summed E-state index contributed by atoms with van der Waals surface area (Å²) in [5.41, 5.74) is 5.90. The van der Waals surface area contributed by atoms with E-state index in [1.54, 1.807) is 19.2 Å². The van der Waals surface area contributed by atoms with Crippen LogP contribution in [0.5, 0.6) is 0 Å². The highest BCUT2D eigenvalue weighted by Gasteiger charge is 2.24. The molecule has 0 radical (unpaired) electrons. The topological polar surface area (TPSA) is 35.2 Å². The standard InChI is InChI=1S/C10H13BrFNO/c1-10(6-13,14-2)7-3-4-9(12)8(11)5-7/h3-5H,6,13H2,1-2H3. The summed E-state index contributed by atoms with van der Waals surface area (Å²) in [7, 11) is 1.59. The van der Waals surface area contributed by atoms with E-state index in [1.807, 2.05) is 6.92 Å². The third kappa shape index (κ3) is 2.13. The van der Waals surface area contributed by atoms with Gasteiger partial charge in [0.15, 0.2) is 0 Å². The summed E-state index contributed by atoms with van der Waals surface area (Å²) in [6, 6.07) is 4.76. The lowest BCUT2D eigenvalue weighted by atomic mass is 9.96. The lowest BCUT2D eigenvalue weighted by Crippen LogP contribution is -2.33. The van der Waals surface area contributed by atoms with Gasteiger partial charge in [-0.1, -0.05) is 6.07 Å². The molecule has 2 nitrogen and oxygen atoms in total. The minimum absolute atomic E-state index is 0.288. The van der Waals surface area contributed by atoms with E-state index in [1.165, 1.54) is 6.07 Å². The minimum atomic E-state index is -0.559. The fraction of sp³-hybridized carbons (Fsp3) is 0.400. The first-order valence-corrected chi connectivity index (χ1v) is 5.03. The third-order valence-electron chi connectivity index (χ3n) is 2.37. The molecular formula is C10H13BrFNO. The van der Waals surface area contributed by atoms with Crippen molar-refractivity contribution < 1.29 is 9.13 Å². The van der Waals surface area contributed by atoms with Crippen LogP contribution in [0.25, 0.3) is 0 Å². The largest absolute Gasteiger partial charge is 0.372 e. The van der Waals surface area contributed by atoms with Crippen molar-refractivity contribution in [2.24, 2.45) is 5.73 Å². The van der Waals surface area contributed by atoms with Gasteiger partial charge in [-0.15, -0.1) is 0 Å². The van der Waals surface area contributed by atoms with Gasteiger partial charge in [0.1, 0.15) is 11.4 Å². The van der Waals surface area contributed by atoms with Crippen molar-refractivity contribution in [2.45, 2.75) is 12.5 Å². The molecule has 4 heteroatoms. The van der Waals surface area contributed by atoms with Crippen LogP contribution in [0.1, 0.15) is 12.5 Å². The summed E-state index contributed by atoms with van der Waals surface area (Å²) in [6.45, 7) is 2.22. The molecule has 0 aliphatic heterocycles. The van der Waals surface area contributed by atoms with Crippen molar-refractivity contribution in [2.75, 3.05) is 13.7 Å². The van der Waals surface area contributed by atoms with E-state index < -0.39 is 5.60 Å². The maximum atomic E-state index is 13.0. The van der Waals surface area contributed by atoms with Gasteiger partial charge in [-0.2, -0.15) is 0 Å². The molecule has 0 aliphatic rings. The number of hydrogen-bond acceptors (Lipinski definition) is 2. The van der Waals surface area contributed by atoms with E-state index in [0.717, 1.165) is 5.56 Å². The lowest BCUT2D eigenvalue weighted by molar-refractivity contribution is 0.00998. The molecule has 0 heterocycles. The number of hydrogen-bond donors (Lipinski definition) is 1. The molecule has 1 unspecified atom stereocenters. The monoisotopic (exact) mass is 261 g/mol. The highest BCUT2D eigenvalue weighted by Crippen LogP contribution is 2.27. The molecule has 0 aromatic heterocycles. The summed E-state index contributed by atoms with van der Waals surface area (Å²) >= 11 is 3.13. The van der Waals surface area contributed by atoms with Crippen LogP contribution in [-0.4, -0.2) is 13.7 Å². The summed E-state index contributed by atoms with van der Waals surface area (Å²) in [6.07, 6.45) is 0. The molecule has 1 aromatic rings. The molecular weight excluding hydrogens is 249 g/mol. The molecule has 0 aliphatic carbocycles. The summed E-state index contributed by atoms with van der Waals surface area (Å²) in [5.74, 6) is -0.288. The van der Waals surface area contributed by atoms with Crippen LogP contribution < -0.4 is 5.73 Å². The Kier molecular flexibility index (Phi) is 3.64. The molecule has 0 saturated heterocycles. The van der Waals surface area contributed by atoms with Gasteiger partial charge in [-0.3, -0.25) is 0 Å². The van der Waals surface area contributed by atoms with Crippen LogP contribution in [0.4, 0.5) is 4.39 Å². The van der Waals surface area contributed by atoms with Crippen LogP contribution in [0.3, 0.4) is 0 Å². The predicted molar refractivity (Wildman–Crippen MR) is 57.5 cm³/mol. The number of nitrogens with two attached hydrogens (primary N) is 1. The Labute approximate surface area is 91.4 Å². The van der Waals surface area contributed by atoms with Crippen LogP contribution in [0.2, 0.25) is 0 Å². The highest BCUT2D eigenvalue weighted by atomic mass is 79.9. The molecule has 1 rings (SSSR count). The zero-order chi connectivity index (χ0) is 10.8. The number of methoxy groups -OCH3 is 1. The number of ether oxygens (including phenoxy) is 1. The average Bonchev–Trinajstić information content (AvgIpc) is 2.21. The van der Waals surface area contributed by atoms with Gasteiger partial charge < -0.3 is 10.5 Å². The maximum absolute atomic E-state index is 13.0. The van der Waals surface area contributed by atoms with Crippen molar-refractivity contribution in [3.05, 3.63) is 34.1 Å². The van der Waals surface area contributed by atoms with Gasteiger partial charge in [-0.05, 0) is 40.5 Å². The van der Waals surface area contributed by atoms with Crippen LogP contribution in [0, 0.1) is 5.82 Å². The van der Waals surface area contributed by atoms with Crippen LogP contribution in [-0.2, 0) is 10.3 Å². The first-order valence-electron chi connectivity index (χ1n) is 4.24. The molecule has 1 atom stereocenters. The van der Waals surface area contributed by atoms with Gasteiger partial charge in [0.25, 0.3) is 0 Å². The molecule has 0 saturated carbocycles. The Balaban J connectivity index is 3.12. The van der Waals surface area contributed by atoms with Crippen molar-refractivity contribution in [1.29, 1.82) is 0 Å². The number of rotatable bonds is 3. The van der Waals surface area contributed by atoms with E-state index in [0.29, 0.717) is 11.0 Å². The quantitative estimate of drug-likeness (QED) is 0.907. The summed E-state index contributed by atoms with van der Waals surface area (Å²) in [4.78, 5) is 0. The van der Waals surface area contributed by atoms with Crippen LogP contribution in [0.15, 0.2) is 22.7 Å².